The van der Waals surface area contributed by atoms with E-state index in [1.54, 1.807) is 29.8 Å². The molecule has 94 valence electrons. The fourth-order valence-electron chi connectivity index (χ4n) is 1.52. The molecule has 2 aromatic rings. The molecular weight excluding hydrogens is 252 g/mol. The number of nitrogens with one attached hydrogen (secondary N) is 1. The first kappa shape index (κ1) is 12.4. The van der Waals surface area contributed by atoms with Crippen molar-refractivity contribution in [1.82, 2.24) is 9.97 Å². The summed E-state index contributed by atoms with van der Waals surface area (Å²) in [5.74, 6) is 0.647. The van der Waals surface area contributed by atoms with Gasteiger partial charge in [-0.25, -0.2) is 9.97 Å². The van der Waals surface area contributed by atoms with Crippen molar-refractivity contribution in [1.29, 1.82) is 0 Å². The SMILES string of the molecule is Cc1nc(NCCc2cscn2)ccc1[N+](=O)[O-]. The Balaban J connectivity index is 1.94. The van der Waals surface area contributed by atoms with Crippen LogP contribution in [0.25, 0.3) is 0 Å². The molecule has 2 aromatic heterocycles. The van der Waals surface area contributed by atoms with Crippen LogP contribution in [0.4, 0.5) is 11.5 Å². The van der Waals surface area contributed by atoms with Crippen LogP contribution >= 0.6 is 11.3 Å². The van der Waals surface area contributed by atoms with Crippen molar-refractivity contribution in [2.45, 2.75) is 13.3 Å². The van der Waals surface area contributed by atoms with Crippen molar-refractivity contribution in [3.63, 3.8) is 0 Å². The molecule has 18 heavy (non-hydrogen) atoms. The lowest BCUT2D eigenvalue weighted by Gasteiger charge is -2.05. The van der Waals surface area contributed by atoms with Crippen LogP contribution in [0.1, 0.15) is 11.4 Å². The molecule has 0 aliphatic carbocycles. The van der Waals surface area contributed by atoms with Crippen molar-refractivity contribution < 1.29 is 4.92 Å². The molecule has 2 rings (SSSR count). The monoisotopic (exact) mass is 264 g/mol. The molecule has 0 aromatic carbocycles. The highest BCUT2D eigenvalue weighted by molar-refractivity contribution is 7.07. The summed E-state index contributed by atoms with van der Waals surface area (Å²) in [6.07, 6.45) is 0.807. The highest BCUT2D eigenvalue weighted by Gasteiger charge is 2.11. The Kier molecular flexibility index (Phi) is 3.83. The van der Waals surface area contributed by atoms with E-state index in [1.165, 1.54) is 6.07 Å². The Labute approximate surface area is 108 Å². The third kappa shape index (κ3) is 3.01. The number of nitrogens with zero attached hydrogens (tertiary/aromatic N) is 3. The predicted molar refractivity (Wildman–Crippen MR) is 69.9 cm³/mol. The average molecular weight is 264 g/mol. The van der Waals surface area contributed by atoms with Crippen LogP contribution in [0, 0.1) is 17.0 Å². The highest BCUT2D eigenvalue weighted by atomic mass is 32.1. The first-order chi connectivity index (χ1) is 8.66. The smallest absolute Gasteiger partial charge is 0.290 e. The van der Waals surface area contributed by atoms with Crippen LogP contribution in [-0.4, -0.2) is 21.4 Å². The summed E-state index contributed by atoms with van der Waals surface area (Å²) in [4.78, 5) is 18.5. The van der Waals surface area contributed by atoms with Gasteiger partial charge in [-0.15, -0.1) is 11.3 Å². The minimum atomic E-state index is -0.429. The Morgan fingerprint density at radius 2 is 2.33 bits per heavy atom. The zero-order chi connectivity index (χ0) is 13.0. The number of nitro groups is 1. The molecule has 2 heterocycles. The molecule has 0 aliphatic heterocycles. The van der Waals surface area contributed by atoms with Gasteiger partial charge in [0.25, 0.3) is 5.69 Å². The van der Waals surface area contributed by atoms with Crippen LogP contribution in [0.5, 0.6) is 0 Å². The number of hydrogen-bond acceptors (Lipinski definition) is 6. The molecule has 6 nitrogen and oxygen atoms in total. The van der Waals surface area contributed by atoms with Gasteiger partial charge in [0.2, 0.25) is 0 Å². The van der Waals surface area contributed by atoms with Crippen LogP contribution in [0.2, 0.25) is 0 Å². The molecule has 1 N–H and O–H groups in total. The van der Waals surface area contributed by atoms with Crippen LogP contribution < -0.4 is 5.32 Å². The molecule has 0 aliphatic rings. The lowest BCUT2D eigenvalue weighted by Crippen LogP contribution is -2.07. The number of aryl methyl sites for hydroxylation is 1. The Bertz CT molecular complexity index is 542. The summed E-state index contributed by atoms with van der Waals surface area (Å²) in [5, 5.41) is 15.8. The molecule has 0 amide bonds. The zero-order valence-corrected chi connectivity index (χ0v) is 10.6. The van der Waals surface area contributed by atoms with E-state index in [9.17, 15) is 10.1 Å². The van der Waals surface area contributed by atoms with Gasteiger partial charge >= 0.3 is 0 Å². The summed E-state index contributed by atoms with van der Waals surface area (Å²) in [6.45, 7) is 2.33. The third-order valence-corrected chi connectivity index (χ3v) is 3.06. The quantitative estimate of drug-likeness (QED) is 0.662. The van der Waals surface area contributed by atoms with Crippen LogP contribution in [0.15, 0.2) is 23.0 Å². The summed E-state index contributed by atoms with van der Waals surface area (Å²) < 4.78 is 0. The van der Waals surface area contributed by atoms with Crippen LogP contribution in [-0.2, 0) is 6.42 Å². The third-order valence-electron chi connectivity index (χ3n) is 2.43. The molecule has 0 unspecified atom stereocenters. The highest BCUT2D eigenvalue weighted by Crippen LogP contribution is 2.17. The maximum Gasteiger partial charge on any atom is 0.290 e. The molecule has 0 fully saturated rings. The first-order valence-corrected chi connectivity index (χ1v) is 6.34. The predicted octanol–water partition coefficient (Wildman–Crippen LogP) is 2.41. The van der Waals surface area contributed by atoms with Gasteiger partial charge in [-0.2, -0.15) is 0 Å². The number of rotatable bonds is 5. The van der Waals surface area contributed by atoms with E-state index in [0.29, 0.717) is 18.1 Å². The molecule has 0 atom stereocenters. The van der Waals surface area contributed by atoms with Gasteiger partial charge in [0, 0.05) is 24.4 Å². The van der Waals surface area contributed by atoms with Gasteiger partial charge in [-0.1, -0.05) is 0 Å². The van der Waals surface area contributed by atoms with Gasteiger partial charge in [-0.05, 0) is 13.0 Å². The Hall–Kier alpha value is -2.02. The molecule has 0 saturated heterocycles. The van der Waals surface area contributed by atoms with E-state index in [1.807, 2.05) is 5.38 Å². The van der Waals surface area contributed by atoms with Gasteiger partial charge in [0.05, 0.1) is 16.1 Å². The topological polar surface area (TPSA) is 81.0 Å². The maximum absolute atomic E-state index is 10.6. The molecular formula is C11H12N4O2S. The van der Waals surface area contributed by atoms with Crippen molar-refractivity contribution >= 4 is 22.8 Å². The Morgan fingerprint density at radius 1 is 1.50 bits per heavy atom. The van der Waals surface area contributed by atoms with Crippen molar-refractivity contribution in [2.24, 2.45) is 0 Å². The lowest BCUT2D eigenvalue weighted by atomic mass is 10.3. The van der Waals surface area contributed by atoms with Gasteiger partial charge in [0.1, 0.15) is 11.5 Å². The lowest BCUT2D eigenvalue weighted by molar-refractivity contribution is -0.385. The largest absolute Gasteiger partial charge is 0.370 e. The fraction of sp³-hybridized carbons (Fsp3) is 0.273. The van der Waals surface area contributed by atoms with E-state index < -0.39 is 4.92 Å². The molecule has 0 saturated carbocycles. The van der Waals surface area contributed by atoms with Crippen LogP contribution in [0.3, 0.4) is 0 Å². The summed E-state index contributed by atoms with van der Waals surface area (Å²) >= 11 is 1.56. The summed E-state index contributed by atoms with van der Waals surface area (Å²) in [5.41, 5.74) is 3.29. The van der Waals surface area contributed by atoms with Gasteiger partial charge in [0.15, 0.2) is 0 Å². The minimum absolute atomic E-state index is 0.0417. The van der Waals surface area contributed by atoms with Crippen molar-refractivity contribution in [2.75, 3.05) is 11.9 Å². The normalized spacial score (nSPS) is 10.3. The number of pyridine rings is 1. The van der Waals surface area contributed by atoms with E-state index in [0.717, 1.165) is 12.1 Å². The second kappa shape index (κ2) is 5.54. The van der Waals surface area contributed by atoms with Crippen molar-refractivity contribution in [3.05, 3.63) is 44.5 Å². The second-order valence-corrected chi connectivity index (χ2v) is 4.43. The maximum atomic E-state index is 10.6. The number of thiazole rings is 1. The molecule has 0 bridgehead atoms. The Morgan fingerprint density at radius 3 is 2.94 bits per heavy atom. The first-order valence-electron chi connectivity index (χ1n) is 5.40. The molecule has 7 heteroatoms. The standard InChI is InChI=1S/C11H12N4O2S/c1-8-10(15(16)17)2-3-11(14-8)12-5-4-9-6-18-7-13-9/h2-3,6-7H,4-5H2,1H3,(H,12,14). The number of anilines is 1. The fourth-order valence-corrected chi connectivity index (χ4v) is 2.12. The summed E-state index contributed by atoms with van der Waals surface area (Å²) in [6, 6.07) is 3.08. The van der Waals surface area contributed by atoms with E-state index in [4.69, 9.17) is 0 Å². The minimum Gasteiger partial charge on any atom is -0.370 e. The molecule has 0 spiro atoms. The van der Waals surface area contributed by atoms with E-state index in [2.05, 4.69) is 15.3 Å². The van der Waals surface area contributed by atoms with E-state index in [-0.39, 0.29) is 5.69 Å². The summed E-state index contributed by atoms with van der Waals surface area (Å²) in [7, 11) is 0. The number of hydrogen-bond donors (Lipinski definition) is 1. The van der Waals surface area contributed by atoms with E-state index >= 15 is 0 Å². The van der Waals surface area contributed by atoms with Gasteiger partial charge < -0.3 is 5.32 Å². The second-order valence-electron chi connectivity index (χ2n) is 3.71. The zero-order valence-electron chi connectivity index (χ0n) is 9.79. The van der Waals surface area contributed by atoms with Crippen molar-refractivity contribution in [3.8, 4) is 0 Å². The average Bonchev–Trinajstić information content (AvgIpc) is 2.81. The number of aromatic nitrogens is 2. The molecule has 0 radical (unpaired) electrons. The van der Waals surface area contributed by atoms with Gasteiger partial charge in [-0.3, -0.25) is 10.1 Å².